The van der Waals surface area contributed by atoms with Gasteiger partial charge in [-0.1, -0.05) is 0 Å². The lowest BCUT2D eigenvalue weighted by atomic mass is 10.1. The molecular formula is C20H23FN4O4S. The van der Waals surface area contributed by atoms with Crippen LogP contribution in [0.2, 0.25) is 0 Å². The fourth-order valence-corrected chi connectivity index (χ4v) is 5.46. The van der Waals surface area contributed by atoms with Gasteiger partial charge in [0.1, 0.15) is 5.82 Å². The van der Waals surface area contributed by atoms with Gasteiger partial charge in [-0.3, -0.25) is 9.13 Å². The molecule has 160 valence electrons. The Balaban J connectivity index is 1.70. The highest BCUT2D eigenvalue weighted by Gasteiger charge is 2.33. The quantitative estimate of drug-likeness (QED) is 0.592. The summed E-state index contributed by atoms with van der Waals surface area (Å²) in [5.74, 6) is -0.494. The van der Waals surface area contributed by atoms with Crippen molar-refractivity contribution in [3.63, 3.8) is 0 Å². The van der Waals surface area contributed by atoms with Gasteiger partial charge in [0, 0.05) is 26.4 Å². The van der Waals surface area contributed by atoms with Gasteiger partial charge in [-0.15, -0.1) is 0 Å². The van der Waals surface area contributed by atoms with E-state index in [2.05, 4.69) is 4.98 Å². The van der Waals surface area contributed by atoms with Crippen LogP contribution in [-0.2, 0) is 21.3 Å². The van der Waals surface area contributed by atoms with Crippen LogP contribution in [0, 0.1) is 5.82 Å². The van der Waals surface area contributed by atoms with Gasteiger partial charge >= 0.3 is 5.69 Å². The molecule has 10 heteroatoms. The van der Waals surface area contributed by atoms with E-state index in [1.165, 1.54) is 16.4 Å². The second-order valence-electron chi connectivity index (χ2n) is 7.26. The summed E-state index contributed by atoms with van der Waals surface area (Å²) in [5.41, 5.74) is 0.995. The summed E-state index contributed by atoms with van der Waals surface area (Å²) < 4.78 is 49.0. The number of imidazole rings is 1. The molecule has 1 aliphatic rings. The third kappa shape index (κ3) is 3.66. The van der Waals surface area contributed by atoms with Gasteiger partial charge in [0.15, 0.2) is 5.65 Å². The molecule has 2 aromatic heterocycles. The molecule has 1 atom stereocenters. The second-order valence-corrected chi connectivity index (χ2v) is 9.19. The van der Waals surface area contributed by atoms with Crippen LogP contribution in [0.3, 0.4) is 0 Å². The third-order valence-electron chi connectivity index (χ3n) is 5.42. The number of benzene rings is 1. The van der Waals surface area contributed by atoms with Crippen molar-refractivity contribution in [3.05, 3.63) is 58.9 Å². The van der Waals surface area contributed by atoms with Crippen LogP contribution in [0.25, 0.3) is 11.2 Å². The largest absolute Gasteiger partial charge is 0.383 e. The average Bonchev–Trinajstić information content (AvgIpc) is 3.04. The molecular weight excluding hydrogens is 411 g/mol. The van der Waals surface area contributed by atoms with Crippen molar-refractivity contribution >= 4 is 21.2 Å². The van der Waals surface area contributed by atoms with Crippen molar-refractivity contribution in [1.82, 2.24) is 18.4 Å². The zero-order valence-electron chi connectivity index (χ0n) is 16.6. The number of methoxy groups -OCH3 is 1. The van der Waals surface area contributed by atoms with Crippen LogP contribution in [-0.4, -0.2) is 53.6 Å². The number of rotatable bonds is 6. The highest BCUT2D eigenvalue weighted by Crippen LogP contribution is 2.28. The van der Waals surface area contributed by atoms with Gasteiger partial charge in [-0.05, 0) is 49.2 Å². The van der Waals surface area contributed by atoms with Crippen LogP contribution in [0.15, 0.2) is 52.3 Å². The lowest BCUT2D eigenvalue weighted by molar-refractivity contribution is 0.186. The van der Waals surface area contributed by atoms with Crippen molar-refractivity contribution in [1.29, 1.82) is 0 Å². The number of aromatic nitrogens is 3. The maximum atomic E-state index is 13.2. The number of hydrogen-bond donors (Lipinski definition) is 0. The van der Waals surface area contributed by atoms with E-state index in [0.29, 0.717) is 43.7 Å². The second kappa shape index (κ2) is 8.29. The molecule has 0 spiro atoms. The Hall–Kier alpha value is -2.56. The first-order valence-corrected chi connectivity index (χ1v) is 11.2. The molecule has 4 rings (SSSR count). The van der Waals surface area contributed by atoms with Crippen LogP contribution in [0.4, 0.5) is 4.39 Å². The molecule has 0 amide bonds. The predicted octanol–water partition coefficient (Wildman–Crippen LogP) is 2.01. The molecule has 30 heavy (non-hydrogen) atoms. The van der Waals surface area contributed by atoms with Crippen LogP contribution in [0.5, 0.6) is 0 Å². The number of pyridine rings is 1. The first-order valence-electron chi connectivity index (χ1n) is 9.74. The maximum Gasteiger partial charge on any atom is 0.330 e. The van der Waals surface area contributed by atoms with Crippen molar-refractivity contribution in [2.75, 3.05) is 26.8 Å². The molecule has 1 saturated heterocycles. The lowest BCUT2D eigenvalue weighted by Gasteiger charge is -2.32. The number of hydrogen-bond acceptors (Lipinski definition) is 5. The summed E-state index contributed by atoms with van der Waals surface area (Å²) in [6.45, 7) is 1.26. The molecule has 0 bridgehead atoms. The average molecular weight is 434 g/mol. The van der Waals surface area contributed by atoms with Gasteiger partial charge in [-0.25, -0.2) is 22.6 Å². The Kier molecular flexibility index (Phi) is 5.72. The Bertz CT molecular complexity index is 1200. The first kappa shape index (κ1) is 20.7. The summed E-state index contributed by atoms with van der Waals surface area (Å²) in [5, 5.41) is 0. The van der Waals surface area contributed by atoms with Gasteiger partial charge in [0.05, 0.1) is 29.6 Å². The summed E-state index contributed by atoms with van der Waals surface area (Å²) in [7, 11) is -2.22. The van der Waals surface area contributed by atoms with Crippen LogP contribution < -0.4 is 5.69 Å². The highest BCUT2D eigenvalue weighted by atomic mass is 32.2. The number of sulfonamides is 1. The molecule has 3 heterocycles. The monoisotopic (exact) mass is 434 g/mol. The molecule has 0 radical (unpaired) electrons. The standard InChI is InChI=1S/C20H23FN4O4S/c1-29-13-12-24-18-5-2-10-22-19(18)25(20(24)26)16-4-3-11-23(14-16)30(27,28)17-8-6-15(21)7-9-17/h2,5-10,16H,3-4,11-14H2,1H3/t16-/m0/s1. The Morgan fingerprint density at radius 1 is 1.23 bits per heavy atom. The summed E-state index contributed by atoms with van der Waals surface area (Å²) in [4.78, 5) is 17.6. The predicted molar refractivity (Wildman–Crippen MR) is 109 cm³/mol. The van der Waals surface area contributed by atoms with Crippen molar-refractivity contribution in [2.45, 2.75) is 30.3 Å². The van der Waals surface area contributed by atoms with Gasteiger partial charge in [-0.2, -0.15) is 4.31 Å². The first-order chi connectivity index (χ1) is 14.4. The molecule has 0 unspecified atom stereocenters. The van der Waals surface area contributed by atoms with E-state index in [-0.39, 0.29) is 23.2 Å². The summed E-state index contributed by atoms with van der Waals surface area (Å²) >= 11 is 0. The smallest absolute Gasteiger partial charge is 0.330 e. The number of piperidine rings is 1. The number of ether oxygens (including phenoxy) is 1. The SMILES string of the molecule is COCCn1c(=O)n([C@H]2CCCN(S(=O)(=O)c3ccc(F)cc3)C2)c2ncccc21. The fourth-order valence-electron chi connectivity index (χ4n) is 3.94. The molecule has 0 aliphatic carbocycles. The maximum absolute atomic E-state index is 13.2. The molecule has 1 aromatic carbocycles. The number of nitrogens with zero attached hydrogens (tertiary/aromatic N) is 4. The molecule has 0 N–H and O–H groups in total. The lowest BCUT2D eigenvalue weighted by Crippen LogP contribution is -2.43. The van der Waals surface area contributed by atoms with E-state index in [1.54, 1.807) is 28.5 Å². The topological polar surface area (TPSA) is 86.4 Å². The normalized spacial score (nSPS) is 18.1. The third-order valence-corrected chi connectivity index (χ3v) is 7.30. The van der Waals surface area contributed by atoms with Crippen molar-refractivity contribution < 1.29 is 17.5 Å². The van der Waals surface area contributed by atoms with Gasteiger partial charge in [0.25, 0.3) is 0 Å². The molecule has 3 aromatic rings. The van der Waals surface area contributed by atoms with Crippen LogP contribution in [0.1, 0.15) is 18.9 Å². The highest BCUT2D eigenvalue weighted by molar-refractivity contribution is 7.89. The zero-order chi connectivity index (χ0) is 21.3. The van der Waals surface area contributed by atoms with E-state index in [1.807, 2.05) is 6.07 Å². The van der Waals surface area contributed by atoms with Crippen molar-refractivity contribution in [3.8, 4) is 0 Å². The van der Waals surface area contributed by atoms with E-state index < -0.39 is 15.8 Å². The number of halogens is 1. The van der Waals surface area contributed by atoms with Gasteiger partial charge in [0.2, 0.25) is 10.0 Å². The van der Waals surface area contributed by atoms with E-state index in [4.69, 9.17) is 4.74 Å². The van der Waals surface area contributed by atoms with E-state index in [9.17, 15) is 17.6 Å². The minimum Gasteiger partial charge on any atom is -0.383 e. The Labute approximate surface area is 173 Å². The Morgan fingerprint density at radius 3 is 2.73 bits per heavy atom. The van der Waals surface area contributed by atoms with Crippen LogP contribution >= 0.6 is 0 Å². The molecule has 8 nitrogen and oxygen atoms in total. The summed E-state index contributed by atoms with van der Waals surface area (Å²) in [6, 6.07) is 8.03. The molecule has 1 fully saturated rings. The number of fused-ring (bicyclic) bond motifs is 1. The van der Waals surface area contributed by atoms with E-state index in [0.717, 1.165) is 12.1 Å². The zero-order valence-corrected chi connectivity index (χ0v) is 17.4. The fraction of sp³-hybridized carbons (Fsp3) is 0.400. The van der Waals surface area contributed by atoms with Crippen molar-refractivity contribution in [2.24, 2.45) is 0 Å². The molecule has 0 saturated carbocycles. The minimum atomic E-state index is -3.79. The molecule has 1 aliphatic heterocycles. The van der Waals surface area contributed by atoms with E-state index >= 15 is 0 Å². The minimum absolute atomic E-state index is 0.0394. The summed E-state index contributed by atoms with van der Waals surface area (Å²) in [6.07, 6.45) is 2.89. The Morgan fingerprint density at radius 2 is 2.00 bits per heavy atom. The van der Waals surface area contributed by atoms with Gasteiger partial charge < -0.3 is 4.74 Å².